The molecule has 0 aliphatic rings. The second-order valence-corrected chi connectivity index (χ2v) is 4.97. The minimum Gasteiger partial charge on any atom is -0.392 e. The van der Waals surface area contributed by atoms with E-state index in [0.717, 1.165) is 22.4 Å². The van der Waals surface area contributed by atoms with E-state index in [1.54, 1.807) is 6.92 Å². The molecule has 1 aromatic carbocycles. The highest BCUT2D eigenvalue weighted by molar-refractivity contribution is 8.13. The van der Waals surface area contributed by atoms with Gasteiger partial charge in [0.25, 0.3) is 0 Å². The molecule has 0 aromatic heterocycles. The largest absolute Gasteiger partial charge is 0.392 e. The molecule has 0 amide bonds. The van der Waals surface area contributed by atoms with E-state index in [1.165, 1.54) is 11.8 Å². The van der Waals surface area contributed by atoms with E-state index in [0.29, 0.717) is 6.42 Å². The Morgan fingerprint density at radius 1 is 1.47 bits per heavy atom. The average molecular weight is 248 g/mol. The second kappa shape index (κ2) is 7.16. The van der Waals surface area contributed by atoms with Gasteiger partial charge in [0.05, 0.1) is 6.61 Å². The SMILES string of the molecule is CC(=O)SCCC#Cc1ccc(CO)cc1C. The molecule has 0 bridgehead atoms. The van der Waals surface area contributed by atoms with Crippen LogP contribution in [0.15, 0.2) is 18.2 Å². The molecule has 0 unspecified atom stereocenters. The van der Waals surface area contributed by atoms with E-state index in [4.69, 9.17) is 5.11 Å². The molecule has 0 spiro atoms. The summed E-state index contributed by atoms with van der Waals surface area (Å²) in [6.07, 6.45) is 0.714. The molecule has 1 rings (SSSR count). The summed E-state index contributed by atoms with van der Waals surface area (Å²) in [6, 6.07) is 5.74. The fraction of sp³-hybridized carbons (Fsp3) is 0.357. The highest BCUT2D eigenvalue weighted by Gasteiger charge is 1.96. The van der Waals surface area contributed by atoms with Crippen molar-refractivity contribution in [2.45, 2.75) is 26.9 Å². The molecular formula is C14H16O2S. The first-order chi connectivity index (χ1) is 8.13. The molecule has 0 atom stereocenters. The summed E-state index contributed by atoms with van der Waals surface area (Å²) in [4.78, 5) is 10.7. The molecule has 1 aromatic rings. The molecule has 0 aliphatic heterocycles. The molecule has 0 fully saturated rings. The minimum absolute atomic E-state index is 0.0593. The molecule has 90 valence electrons. The Hall–Kier alpha value is -1.24. The van der Waals surface area contributed by atoms with Crippen LogP contribution in [0.25, 0.3) is 0 Å². The normalized spacial score (nSPS) is 9.59. The van der Waals surface area contributed by atoms with Crippen LogP contribution in [0.5, 0.6) is 0 Å². The first kappa shape index (κ1) is 13.8. The summed E-state index contributed by atoms with van der Waals surface area (Å²) in [7, 11) is 0. The first-order valence-corrected chi connectivity index (χ1v) is 6.44. The lowest BCUT2D eigenvalue weighted by Crippen LogP contribution is -1.88. The van der Waals surface area contributed by atoms with Crippen LogP contribution in [-0.2, 0) is 11.4 Å². The fourth-order valence-corrected chi connectivity index (χ4v) is 1.86. The highest BCUT2D eigenvalue weighted by Crippen LogP contribution is 2.10. The zero-order valence-corrected chi connectivity index (χ0v) is 10.9. The third kappa shape index (κ3) is 5.08. The van der Waals surface area contributed by atoms with Crippen molar-refractivity contribution in [2.24, 2.45) is 0 Å². The topological polar surface area (TPSA) is 37.3 Å². The summed E-state index contributed by atoms with van der Waals surface area (Å²) in [5.41, 5.74) is 2.96. The van der Waals surface area contributed by atoms with Crippen molar-refractivity contribution >= 4 is 16.9 Å². The summed E-state index contributed by atoms with van der Waals surface area (Å²) < 4.78 is 0. The zero-order chi connectivity index (χ0) is 12.7. The van der Waals surface area contributed by atoms with Crippen LogP contribution >= 0.6 is 11.8 Å². The molecule has 0 heterocycles. The lowest BCUT2D eigenvalue weighted by molar-refractivity contribution is -0.109. The number of aryl methyl sites for hydroxylation is 1. The molecule has 0 saturated heterocycles. The van der Waals surface area contributed by atoms with Crippen LogP contribution in [0, 0.1) is 18.8 Å². The molecule has 17 heavy (non-hydrogen) atoms. The van der Waals surface area contributed by atoms with Gasteiger partial charge in [-0.15, -0.1) is 0 Å². The quantitative estimate of drug-likeness (QED) is 0.659. The van der Waals surface area contributed by atoms with Gasteiger partial charge in [-0.1, -0.05) is 35.7 Å². The van der Waals surface area contributed by atoms with Gasteiger partial charge in [0.15, 0.2) is 5.12 Å². The molecule has 1 N–H and O–H groups in total. The maximum Gasteiger partial charge on any atom is 0.185 e. The van der Waals surface area contributed by atoms with E-state index in [1.807, 2.05) is 25.1 Å². The number of aliphatic hydroxyl groups excluding tert-OH is 1. The Kier molecular flexibility index (Phi) is 5.82. The van der Waals surface area contributed by atoms with Crippen molar-refractivity contribution in [1.82, 2.24) is 0 Å². The second-order valence-electron chi connectivity index (χ2n) is 3.70. The van der Waals surface area contributed by atoms with Gasteiger partial charge in [-0.3, -0.25) is 4.79 Å². The van der Waals surface area contributed by atoms with Crippen molar-refractivity contribution in [3.8, 4) is 11.8 Å². The lowest BCUT2D eigenvalue weighted by Gasteiger charge is -2.00. The van der Waals surface area contributed by atoms with Gasteiger partial charge >= 0.3 is 0 Å². The third-order valence-corrected chi connectivity index (χ3v) is 3.04. The number of rotatable bonds is 3. The van der Waals surface area contributed by atoms with E-state index in [9.17, 15) is 4.79 Å². The summed E-state index contributed by atoms with van der Waals surface area (Å²) >= 11 is 1.30. The van der Waals surface area contributed by atoms with Gasteiger partial charge in [-0.2, -0.15) is 0 Å². The maximum atomic E-state index is 10.7. The number of aliphatic hydroxyl groups is 1. The standard InChI is InChI=1S/C14H16O2S/c1-11-9-13(10-15)6-7-14(11)5-3-4-8-17-12(2)16/h6-7,9,15H,4,8,10H2,1-2H3. The monoisotopic (exact) mass is 248 g/mol. The third-order valence-electron chi connectivity index (χ3n) is 2.23. The molecular weight excluding hydrogens is 232 g/mol. The van der Waals surface area contributed by atoms with Crippen molar-refractivity contribution in [2.75, 3.05) is 5.75 Å². The van der Waals surface area contributed by atoms with Gasteiger partial charge in [0.1, 0.15) is 0 Å². The Labute approximate surface area is 106 Å². The van der Waals surface area contributed by atoms with Gasteiger partial charge in [0, 0.05) is 24.7 Å². The van der Waals surface area contributed by atoms with E-state index in [-0.39, 0.29) is 11.7 Å². The number of hydrogen-bond acceptors (Lipinski definition) is 3. The number of carbonyl (C=O) groups excluding carboxylic acids is 1. The van der Waals surface area contributed by atoms with Crippen LogP contribution in [-0.4, -0.2) is 16.0 Å². The van der Waals surface area contributed by atoms with Crippen LogP contribution in [0.3, 0.4) is 0 Å². The molecule has 3 heteroatoms. The smallest absolute Gasteiger partial charge is 0.185 e. The predicted octanol–water partition coefficient (Wildman–Crippen LogP) is 2.51. The zero-order valence-electron chi connectivity index (χ0n) is 10.1. The number of carbonyl (C=O) groups is 1. The highest BCUT2D eigenvalue weighted by atomic mass is 32.2. The van der Waals surface area contributed by atoms with E-state index >= 15 is 0 Å². The van der Waals surface area contributed by atoms with Gasteiger partial charge < -0.3 is 5.11 Å². The molecule has 0 saturated carbocycles. The van der Waals surface area contributed by atoms with E-state index < -0.39 is 0 Å². The maximum absolute atomic E-state index is 10.7. The number of hydrogen-bond donors (Lipinski definition) is 1. The average Bonchev–Trinajstić information content (AvgIpc) is 2.30. The Bertz CT molecular complexity index is 455. The number of thioether (sulfide) groups is 1. The van der Waals surface area contributed by atoms with Crippen LogP contribution < -0.4 is 0 Å². The lowest BCUT2D eigenvalue weighted by atomic mass is 10.1. The van der Waals surface area contributed by atoms with E-state index in [2.05, 4.69) is 11.8 Å². The van der Waals surface area contributed by atoms with Crippen molar-refractivity contribution < 1.29 is 9.90 Å². The molecule has 2 nitrogen and oxygen atoms in total. The van der Waals surface area contributed by atoms with Crippen LogP contribution in [0.2, 0.25) is 0 Å². The summed E-state index contributed by atoms with van der Waals surface area (Å²) in [5.74, 6) is 6.88. The molecule has 0 radical (unpaired) electrons. The van der Waals surface area contributed by atoms with Crippen molar-refractivity contribution in [1.29, 1.82) is 0 Å². The first-order valence-electron chi connectivity index (χ1n) is 5.46. The van der Waals surface area contributed by atoms with Crippen molar-refractivity contribution in [3.63, 3.8) is 0 Å². The fourth-order valence-electron chi connectivity index (χ4n) is 1.37. The van der Waals surface area contributed by atoms with Gasteiger partial charge in [0.2, 0.25) is 0 Å². The van der Waals surface area contributed by atoms with Crippen LogP contribution in [0.1, 0.15) is 30.0 Å². The predicted molar refractivity (Wildman–Crippen MR) is 71.7 cm³/mol. The summed E-state index contributed by atoms with van der Waals surface area (Å²) in [5, 5.41) is 9.11. The Morgan fingerprint density at radius 3 is 2.82 bits per heavy atom. The molecule has 0 aliphatic carbocycles. The van der Waals surface area contributed by atoms with Crippen molar-refractivity contribution in [3.05, 3.63) is 34.9 Å². The summed E-state index contributed by atoms with van der Waals surface area (Å²) in [6.45, 7) is 3.60. The minimum atomic E-state index is 0.0593. The number of benzene rings is 1. The Morgan fingerprint density at radius 2 is 2.24 bits per heavy atom. The van der Waals surface area contributed by atoms with Gasteiger partial charge in [-0.25, -0.2) is 0 Å². The van der Waals surface area contributed by atoms with Gasteiger partial charge in [-0.05, 0) is 24.1 Å². The Balaban J connectivity index is 2.57. The van der Waals surface area contributed by atoms with Crippen LogP contribution in [0.4, 0.5) is 0 Å².